The average molecular weight is 852 g/mol. The molecule has 0 aliphatic rings. The van der Waals surface area contributed by atoms with E-state index in [1.165, 1.54) is 0 Å². The van der Waals surface area contributed by atoms with Crippen LogP contribution >= 0.6 is 0 Å². The Morgan fingerprint density at radius 2 is 0.510 bits per heavy atom. The summed E-state index contributed by atoms with van der Waals surface area (Å²) in [5.41, 5.74) is 6.53. The first-order valence-corrected chi connectivity index (χ1v) is 12.3. The molecule has 0 unspecified atom stereocenters. The van der Waals surface area contributed by atoms with Crippen LogP contribution in [0.3, 0.4) is 0 Å². The molecule has 0 bridgehead atoms. The van der Waals surface area contributed by atoms with Crippen molar-refractivity contribution in [1.29, 1.82) is 0 Å². The number of rotatable bonds is 4. The van der Waals surface area contributed by atoms with Crippen molar-refractivity contribution in [1.82, 2.24) is 19.9 Å². The summed E-state index contributed by atoms with van der Waals surface area (Å²) in [6, 6.07) is 23.3. The molecule has 0 spiro atoms. The fraction of sp³-hybridized carbons (Fsp3) is 0. The van der Waals surface area contributed by atoms with Crippen LogP contribution in [0, 0.1) is 126 Å². The first-order valence-electron chi connectivity index (χ1n) is 12.3. The number of aromatic amines is 2. The van der Waals surface area contributed by atoms with Gasteiger partial charge < -0.3 is 76.6 Å². The van der Waals surface area contributed by atoms with E-state index in [-0.39, 0.29) is 49.4 Å². The molecule has 51 heavy (non-hydrogen) atoms. The SMILES string of the molecule is O=[N+]([O-])[O-].O=[N+]([O-])[O-].O=[N+]([O-])[O-].O=[N+]([O-])[O-].O=[N+]([O-])[O-].[Eu+3].c1ccc(-c2[nH+]c(-c3ccccn3)c(-c3ccccn3)[nH+]c2-c2ccccn2)nc1. The van der Waals surface area contributed by atoms with Crippen molar-refractivity contribution < 1.29 is 84.8 Å². The summed E-state index contributed by atoms with van der Waals surface area (Å²) in [5.74, 6) is 0. The molecule has 0 radical (unpaired) electrons. The van der Waals surface area contributed by atoms with Crippen LogP contribution in [0.4, 0.5) is 0 Å². The molecule has 0 saturated heterocycles. The van der Waals surface area contributed by atoms with Gasteiger partial charge in [0.2, 0.25) is 0 Å². The number of H-pyrrole nitrogens is 2. The number of nitrogens with one attached hydrogen (secondary N) is 2. The molecule has 0 saturated carbocycles. The van der Waals surface area contributed by atoms with E-state index in [4.69, 9.17) is 76.6 Å². The Bertz CT molecular complexity index is 1510. The minimum Gasteiger partial charge on any atom is -0.356 e. The van der Waals surface area contributed by atoms with Gasteiger partial charge in [-0.3, -0.25) is 0 Å². The zero-order chi connectivity index (χ0) is 38.1. The Morgan fingerprint density at radius 3 is 0.627 bits per heavy atom. The van der Waals surface area contributed by atoms with Crippen molar-refractivity contribution in [2.24, 2.45) is 0 Å². The normalized spacial score (nSPS) is 8.63. The predicted molar refractivity (Wildman–Crippen MR) is 164 cm³/mol. The predicted octanol–water partition coefficient (Wildman–Crippen LogP) is 2.37. The first kappa shape index (κ1) is 46.4. The van der Waals surface area contributed by atoms with Gasteiger partial charge >= 0.3 is 72.2 Å². The fourth-order valence-electron chi connectivity index (χ4n) is 3.31. The maximum atomic E-state index is 8.25. The van der Waals surface area contributed by atoms with Crippen LogP contribution in [0.5, 0.6) is 0 Å². The van der Waals surface area contributed by atoms with Gasteiger partial charge in [0, 0.05) is 24.8 Å². The van der Waals surface area contributed by atoms with Crippen LogP contribution in [-0.2, 0) is 0 Å². The summed E-state index contributed by atoms with van der Waals surface area (Å²) < 4.78 is 0. The van der Waals surface area contributed by atoms with Gasteiger partial charge in [0.15, 0.2) is 0 Å². The molecule has 26 nitrogen and oxygen atoms in total. The molecule has 2 N–H and O–H groups in total. The van der Waals surface area contributed by atoms with Gasteiger partial charge in [-0.15, -0.1) is 0 Å². The Balaban J connectivity index is 0. The van der Waals surface area contributed by atoms with Crippen LogP contribution in [-0.4, -0.2) is 45.4 Å². The van der Waals surface area contributed by atoms with Crippen LogP contribution < -0.4 is 9.97 Å². The summed E-state index contributed by atoms with van der Waals surface area (Å²) in [6.45, 7) is 0. The van der Waals surface area contributed by atoms with Gasteiger partial charge in [-0.25, -0.2) is 19.9 Å². The van der Waals surface area contributed by atoms with E-state index in [9.17, 15) is 0 Å². The van der Waals surface area contributed by atoms with Gasteiger partial charge in [-0.05, 0) is 48.5 Å². The van der Waals surface area contributed by atoms with Gasteiger partial charge in [-0.1, -0.05) is 24.3 Å². The maximum Gasteiger partial charge on any atom is 3.00 e. The van der Waals surface area contributed by atoms with Crippen molar-refractivity contribution >= 4 is 0 Å². The summed E-state index contributed by atoms with van der Waals surface area (Å²) in [5, 5.41) is 73.8. The minimum atomic E-state index is -1.75. The van der Waals surface area contributed by atoms with E-state index in [0.717, 1.165) is 45.6 Å². The van der Waals surface area contributed by atoms with Crippen molar-refractivity contribution in [2.45, 2.75) is 0 Å². The number of hydrogen-bond acceptors (Lipinski definition) is 19. The molecule has 266 valence electrons. The summed E-state index contributed by atoms with van der Waals surface area (Å²) >= 11 is 0. The molecule has 5 aromatic rings. The second-order valence-corrected chi connectivity index (χ2v) is 7.73. The van der Waals surface area contributed by atoms with Gasteiger partial charge in [-0.2, -0.15) is 9.97 Å². The molecule has 0 amide bonds. The van der Waals surface area contributed by atoms with E-state index in [2.05, 4.69) is 29.9 Å². The Labute approximate surface area is 322 Å². The van der Waals surface area contributed by atoms with Crippen molar-refractivity contribution in [2.75, 3.05) is 0 Å². The van der Waals surface area contributed by atoms with Crippen LogP contribution in [0.1, 0.15) is 0 Å². The topological polar surface area (TPSA) is 411 Å². The molecule has 5 heterocycles. The Kier molecular flexibility index (Phi) is 23.9. The third-order valence-corrected chi connectivity index (χ3v) is 4.68. The number of aromatic nitrogens is 6. The smallest absolute Gasteiger partial charge is 0.356 e. The quantitative estimate of drug-likeness (QED) is 0.185. The second kappa shape index (κ2) is 26.2. The summed E-state index contributed by atoms with van der Waals surface area (Å²) in [4.78, 5) is 66.6. The third-order valence-electron chi connectivity index (χ3n) is 4.68. The molecular weight excluding hydrogens is 834 g/mol. The second-order valence-electron chi connectivity index (χ2n) is 7.73. The molecule has 0 aliphatic carbocycles. The van der Waals surface area contributed by atoms with Crippen LogP contribution in [0.2, 0.25) is 0 Å². The molecule has 0 aromatic carbocycles. The van der Waals surface area contributed by atoms with Gasteiger partial charge in [0.05, 0.1) is 25.4 Å². The zero-order valence-corrected chi connectivity index (χ0v) is 27.2. The molecular formula is C24H18EuN11O15. The van der Waals surface area contributed by atoms with Crippen molar-refractivity contribution in [3.8, 4) is 45.6 Å². The standard InChI is InChI=1S/C24H16N6.Eu.5NO3/c1-5-13-25-17(9-1)21-22(18-10-2-6-14-26-18)30-24(20-12-4-8-16-28-20)23(29-21)19-11-3-7-15-27-19;;5*2-1(3)4/h1-16H;;;;;;/q;+3;5*-1/p+2. The minimum absolute atomic E-state index is 0. The van der Waals surface area contributed by atoms with E-state index < -0.39 is 25.4 Å². The number of hydrogen-bond donors (Lipinski definition) is 0. The molecule has 5 aromatic heterocycles. The first-order chi connectivity index (χ1) is 23.6. The Hall–Kier alpha value is -6.74. The van der Waals surface area contributed by atoms with Crippen molar-refractivity contribution in [3.05, 3.63) is 174 Å². The average Bonchev–Trinajstić information content (AvgIpc) is 3.04. The van der Waals surface area contributed by atoms with E-state index in [1.54, 1.807) is 24.8 Å². The largest absolute Gasteiger partial charge is 3.00 e. The third kappa shape index (κ3) is 22.5. The molecule has 0 atom stereocenters. The Morgan fingerprint density at radius 1 is 0.353 bits per heavy atom. The number of pyridine rings is 4. The molecule has 0 fully saturated rings. The number of nitrogens with zero attached hydrogens (tertiary/aromatic N) is 9. The molecule has 27 heteroatoms. The van der Waals surface area contributed by atoms with E-state index in [1.807, 2.05) is 72.8 Å². The maximum absolute atomic E-state index is 8.25. The summed E-state index contributed by atoms with van der Waals surface area (Å²) in [7, 11) is 0. The van der Waals surface area contributed by atoms with E-state index in [0.29, 0.717) is 0 Å². The molecule has 0 aliphatic heterocycles. The van der Waals surface area contributed by atoms with Gasteiger partial charge in [0.1, 0.15) is 22.8 Å². The fourth-order valence-corrected chi connectivity index (χ4v) is 3.31. The van der Waals surface area contributed by atoms with Gasteiger partial charge in [0.25, 0.3) is 0 Å². The summed E-state index contributed by atoms with van der Waals surface area (Å²) in [6.07, 6.45) is 7.11. The van der Waals surface area contributed by atoms with Crippen molar-refractivity contribution in [3.63, 3.8) is 0 Å². The van der Waals surface area contributed by atoms with Crippen LogP contribution in [0.25, 0.3) is 45.6 Å². The van der Waals surface area contributed by atoms with E-state index >= 15 is 0 Å². The monoisotopic (exact) mass is 853 g/mol. The zero-order valence-electron chi connectivity index (χ0n) is 24.8. The molecule has 5 rings (SSSR count). The van der Waals surface area contributed by atoms with Crippen LogP contribution in [0.15, 0.2) is 97.6 Å².